The van der Waals surface area contributed by atoms with Gasteiger partial charge in [-0.2, -0.15) is 0 Å². The van der Waals surface area contributed by atoms with E-state index in [1.165, 1.54) is 25.7 Å². The van der Waals surface area contributed by atoms with E-state index in [0.717, 1.165) is 11.9 Å². The van der Waals surface area contributed by atoms with Crippen molar-refractivity contribution < 1.29 is 9.90 Å². The van der Waals surface area contributed by atoms with Gasteiger partial charge < -0.3 is 5.11 Å². The average Bonchev–Trinajstić information content (AvgIpc) is 2.74. The first-order chi connectivity index (χ1) is 9.68. The van der Waals surface area contributed by atoms with Crippen LogP contribution in [0.2, 0.25) is 0 Å². The molecule has 1 aromatic carbocycles. The summed E-state index contributed by atoms with van der Waals surface area (Å²) in [5, 5.41) is 17.6. The van der Waals surface area contributed by atoms with Crippen molar-refractivity contribution in [3.63, 3.8) is 0 Å². The van der Waals surface area contributed by atoms with Gasteiger partial charge in [-0.3, -0.25) is 0 Å². The zero-order chi connectivity index (χ0) is 14.1. The lowest BCUT2D eigenvalue weighted by Crippen LogP contribution is -2.17. The third-order valence-electron chi connectivity index (χ3n) is 4.36. The number of aromatic carboxylic acids is 1. The van der Waals surface area contributed by atoms with E-state index in [-0.39, 0.29) is 5.56 Å². The second-order valence-electron chi connectivity index (χ2n) is 5.70. The fourth-order valence-electron chi connectivity index (χ4n) is 3.22. The second-order valence-corrected chi connectivity index (χ2v) is 5.70. The Hall–Kier alpha value is -1.91. The lowest BCUT2D eigenvalue weighted by Gasteiger charge is -2.21. The average molecular weight is 273 g/mol. The molecule has 20 heavy (non-hydrogen) atoms. The predicted octanol–water partition coefficient (Wildman–Crippen LogP) is 3.27. The fourth-order valence-corrected chi connectivity index (χ4v) is 3.22. The van der Waals surface area contributed by atoms with E-state index in [1.807, 2.05) is 10.7 Å². The lowest BCUT2D eigenvalue weighted by molar-refractivity contribution is 0.0699. The molecule has 1 aromatic heterocycles. The highest BCUT2D eigenvalue weighted by Crippen LogP contribution is 2.33. The van der Waals surface area contributed by atoms with Crippen molar-refractivity contribution in [2.45, 2.75) is 45.1 Å². The number of benzene rings is 1. The van der Waals surface area contributed by atoms with Crippen LogP contribution in [0.5, 0.6) is 0 Å². The molecule has 0 bridgehead atoms. The maximum atomic E-state index is 11.2. The van der Waals surface area contributed by atoms with Gasteiger partial charge >= 0.3 is 5.97 Å². The Morgan fingerprint density at radius 3 is 2.90 bits per heavy atom. The van der Waals surface area contributed by atoms with Gasteiger partial charge in [-0.05, 0) is 30.9 Å². The van der Waals surface area contributed by atoms with Gasteiger partial charge in [0.1, 0.15) is 5.52 Å². The smallest absolute Gasteiger partial charge is 0.338 e. The van der Waals surface area contributed by atoms with Crippen molar-refractivity contribution in [2.24, 2.45) is 5.92 Å². The normalized spacial score (nSPS) is 23.6. The summed E-state index contributed by atoms with van der Waals surface area (Å²) in [5.41, 5.74) is 1.56. The molecule has 106 valence electrons. The third-order valence-corrected chi connectivity index (χ3v) is 4.36. The molecule has 2 atom stereocenters. The molecular formula is C15H19N3O2. The topological polar surface area (TPSA) is 68.0 Å². The molecule has 0 spiro atoms. The molecule has 0 radical (unpaired) electrons. The fraction of sp³-hybridized carbons (Fsp3) is 0.533. The molecule has 0 amide bonds. The van der Waals surface area contributed by atoms with Crippen molar-refractivity contribution in [3.05, 3.63) is 23.8 Å². The molecule has 1 aliphatic carbocycles. The molecule has 5 heteroatoms. The van der Waals surface area contributed by atoms with E-state index in [9.17, 15) is 9.90 Å². The summed E-state index contributed by atoms with van der Waals surface area (Å²) in [6, 6.07) is 5.60. The number of carbonyl (C=O) groups is 1. The molecule has 0 saturated heterocycles. The molecule has 1 N–H and O–H groups in total. The number of carboxylic acids is 1. The first-order valence-electron chi connectivity index (χ1n) is 7.25. The second kappa shape index (κ2) is 5.23. The van der Waals surface area contributed by atoms with Crippen LogP contribution < -0.4 is 0 Å². The Morgan fingerprint density at radius 1 is 1.30 bits per heavy atom. The van der Waals surface area contributed by atoms with Crippen molar-refractivity contribution in [1.29, 1.82) is 0 Å². The molecule has 1 aliphatic rings. The van der Waals surface area contributed by atoms with Gasteiger partial charge in [-0.25, -0.2) is 9.48 Å². The lowest BCUT2D eigenvalue weighted by atomic mass is 9.97. The first kappa shape index (κ1) is 13.1. The van der Waals surface area contributed by atoms with Crippen LogP contribution in [0, 0.1) is 5.92 Å². The zero-order valence-electron chi connectivity index (χ0n) is 11.6. The molecule has 2 unspecified atom stereocenters. The monoisotopic (exact) mass is 273 g/mol. The minimum Gasteiger partial charge on any atom is -0.478 e. The van der Waals surface area contributed by atoms with Crippen LogP contribution in [0.15, 0.2) is 18.2 Å². The van der Waals surface area contributed by atoms with Gasteiger partial charge in [0.15, 0.2) is 0 Å². The van der Waals surface area contributed by atoms with Crippen LogP contribution in [0.4, 0.5) is 0 Å². The minimum absolute atomic E-state index is 0.232. The minimum atomic E-state index is -0.948. The molecule has 0 aliphatic heterocycles. The highest BCUT2D eigenvalue weighted by Gasteiger charge is 2.25. The highest BCUT2D eigenvalue weighted by molar-refractivity contribution is 6.00. The largest absolute Gasteiger partial charge is 0.478 e. The maximum absolute atomic E-state index is 11.2. The Balaban J connectivity index is 2.08. The van der Waals surface area contributed by atoms with Gasteiger partial charge in [0.25, 0.3) is 0 Å². The van der Waals surface area contributed by atoms with Crippen LogP contribution >= 0.6 is 0 Å². The summed E-state index contributed by atoms with van der Waals surface area (Å²) in [7, 11) is 0. The number of rotatable bonds is 2. The number of fused-ring (bicyclic) bond motifs is 1. The van der Waals surface area contributed by atoms with E-state index < -0.39 is 5.97 Å². The van der Waals surface area contributed by atoms with Crippen molar-refractivity contribution in [2.75, 3.05) is 0 Å². The molecule has 1 heterocycles. The van der Waals surface area contributed by atoms with Crippen LogP contribution in [0.3, 0.4) is 0 Å². The number of aromatic nitrogens is 3. The molecule has 3 rings (SSSR count). The van der Waals surface area contributed by atoms with Crippen molar-refractivity contribution in [1.82, 2.24) is 15.0 Å². The Labute approximate surface area is 117 Å². The van der Waals surface area contributed by atoms with E-state index in [1.54, 1.807) is 12.1 Å². The number of nitrogens with zero attached hydrogens (tertiary/aromatic N) is 3. The first-order valence-corrected chi connectivity index (χ1v) is 7.25. The molecule has 1 fully saturated rings. The Kier molecular flexibility index (Phi) is 3.42. The van der Waals surface area contributed by atoms with Gasteiger partial charge in [-0.1, -0.05) is 37.5 Å². The number of carboxylic acid groups (broad SMARTS) is 1. The van der Waals surface area contributed by atoms with Crippen LogP contribution in [0.1, 0.15) is 55.4 Å². The number of hydrogen-bond donors (Lipinski definition) is 1. The van der Waals surface area contributed by atoms with Gasteiger partial charge in [0.2, 0.25) is 0 Å². The summed E-state index contributed by atoms with van der Waals surface area (Å²) < 4.78 is 1.94. The highest BCUT2D eigenvalue weighted by atomic mass is 16.4. The zero-order valence-corrected chi connectivity index (χ0v) is 11.6. The Morgan fingerprint density at radius 2 is 2.10 bits per heavy atom. The standard InChI is InChI=1S/C15H19N3O2/c1-10-6-3-2-4-8-12(10)18-13-9-5-7-11(15(19)20)14(13)16-17-18/h5,7,9-10,12H,2-4,6,8H2,1H3,(H,19,20). The summed E-state index contributed by atoms with van der Waals surface area (Å²) in [6.45, 7) is 2.25. The molecule has 5 nitrogen and oxygen atoms in total. The predicted molar refractivity (Wildman–Crippen MR) is 75.8 cm³/mol. The van der Waals surface area contributed by atoms with Crippen molar-refractivity contribution in [3.8, 4) is 0 Å². The number of hydrogen-bond acceptors (Lipinski definition) is 3. The van der Waals surface area contributed by atoms with E-state index in [0.29, 0.717) is 17.5 Å². The molecular weight excluding hydrogens is 254 g/mol. The van der Waals surface area contributed by atoms with Crippen molar-refractivity contribution >= 4 is 17.0 Å². The van der Waals surface area contributed by atoms with Gasteiger partial charge in [0, 0.05) is 0 Å². The van der Waals surface area contributed by atoms with E-state index in [2.05, 4.69) is 17.2 Å². The summed E-state index contributed by atoms with van der Waals surface area (Å²) in [4.78, 5) is 11.2. The van der Waals surface area contributed by atoms with Crippen LogP contribution in [-0.2, 0) is 0 Å². The summed E-state index contributed by atoms with van der Waals surface area (Å²) in [5.74, 6) is -0.396. The van der Waals surface area contributed by atoms with Crippen LogP contribution in [0.25, 0.3) is 11.0 Å². The van der Waals surface area contributed by atoms with E-state index >= 15 is 0 Å². The Bertz CT molecular complexity index is 635. The maximum Gasteiger partial charge on any atom is 0.338 e. The quantitative estimate of drug-likeness (QED) is 0.853. The SMILES string of the molecule is CC1CCCCCC1n1nnc2c(C(=O)O)cccc21. The van der Waals surface area contributed by atoms with Crippen LogP contribution in [-0.4, -0.2) is 26.1 Å². The molecule has 2 aromatic rings. The molecule has 1 saturated carbocycles. The third kappa shape index (κ3) is 2.17. The van der Waals surface area contributed by atoms with E-state index in [4.69, 9.17) is 0 Å². The van der Waals surface area contributed by atoms with Gasteiger partial charge in [-0.15, -0.1) is 5.10 Å². The summed E-state index contributed by atoms with van der Waals surface area (Å²) in [6.07, 6.45) is 6.04. The van der Waals surface area contributed by atoms with Gasteiger partial charge in [0.05, 0.1) is 17.1 Å². The summed E-state index contributed by atoms with van der Waals surface area (Å²) >= 11 is 0.